The van der Waals surface area contributed by atoms with Crippen LogP contribution in [0.5, 0.6) is 0 Å². The van der Waals surface area contributed by atoms with Crippen LogP contribution in [0.2, 0.25) is 18.1 Å². The van der Waals surface area contributed by atoms with E-state index >= 15 is 0 Å². The van der Waals surface area contributed by atoms with Crippen molar-refractivity contribution < 1.29 is 18.8 Å². The van der Waals surface area contributed by atoms with Gasteiger partial charge >= 0.3 is 12.2 Å². The third-order valence-corrected chi connectivity index (χ3v) is 9.35. The van der Waals surface area contributed by atoms with E-state index in [1.165, 1.54) is 0 Å². The smallest absolute Gasteiger partial charge is 0.452 e. The molecule has 0 N–H and O–H groups in total. The van der Waals surface area contributed by atoms with Gasteiger partial charge in [-0.1, -0.05) is 82.1 Å². The molecule has 0 spiro atoms. The maximum Gasteiger partial charge on any atom is 0.452 e. The van der Waals surface area contributed by atoms with Crippen LogP contribution in [-0.2, 0) is 15.8 Å². The normalized spacial score (nSPS) is 12.2. The Morgan fingerprint density at radius 1 is 0.821 bits per heavy atom. The quantitative estimate of drug-likeness (QED) is 0.333. The standard InChI is InChI=1S/C21H34N2O4Si/c1-16(2)13-28(14-17(3)4,15-18(5)6)27-21(25)23-22-20(24)26-12-19-10-8-7-9-11-19/h7-11,16-18H,12-15H2,1-6H3. The van der Waals surface area contributed by atoms with E-state index in [4.69, 9.17) is 9.16 Å². The fourth-order valence-electron chi connectivity index (χ4n) is 3.64. The van der Waals surface area contributed by atoms with Crippen molar-refractivity contribution in [3.05, 3.63) is 35.9 Å². The van der Waals surface area contributed by atoms with Crippen molar-refractivity contribution in [3.8, 4) is 0 Å². The van der Waals surface area contributed by atoms with Crippen LogP contribution in [0.4, 0.5) is 9.59 Å². The summed E-state index contributed by atoms with van der Waals surface area (Å²) in [5.74, 6) is 1.26. The van der Waals surface area contributed by atoms with Gasteiger partial charge in [0.15, 0.2) is 0 Å². The van der Waals surface area contributed by atoms with E-state index in [1.54, 1.807) is 0 Å². The fourth-order valence-corrected chi connectivity index (χ4v) is 9.27. The number of rotatable bonds is 9. The molecule has 0 atom stereocenters. The first kappa shape index (κ1) is 24.0. The molecule has 0 fully saturated rings. The minimum atomic E-state index is -2.35. The largest absolute Gasteiger partial charge is 0.501 e. The van der Waals surface area contributed by atoms with Gasteiger partial charge in [-0.05, 0) is 41.4 Å². The molecule has 0 aliphatic carbocycles. The first-order valence-electron chi connectivity index (χ1n) is 9.97. The minimum Gasteiger partial charge on any atom is -0.501 e. The van der Waals surface area contributed by atoms with E-state index in [0.717, 1.165) is 23.7 Å². The molecule has 0 aliphatic rings. The second-order valence-electron chi connectivity index (χ2n) is 8.59. The van der Waals surface area contributed by atoms with E-state index in [9.17, 15) is 9.59 Å². The van der Waals surface area contributed by atoms with Crippen molar-refractivity contribution in [2.45, 2.75) is 66.3 Å². The van der Waals surface area contributed by atoms with Crippen LogP contribution in [0.1, 0.15) is 47.1 Å². The predicted molar refractivity (Wildman–Crippen MR) is 113 cm³/mol. The van der Waals surface area contributed by atoms with E-state index in [2.05, 4.69) is 51.8 Å². The number of ether oxygens (including phenoxy) is 1. The number of nitrogens with zero attached hydrogens (tertiary/aromatic N) is 2. The molecule has 2 amide bonds. The van der Waals surface area contributed by atoms with Crippen LogP contribution in [0.25, 0.3) is 0 Å². The summed E-state index contributed by atoms with van der Waals surface area (Å²) in [6.07, 6.45) is -1.69. The molecular formula is C21H34N2O4Si. The minimum absolute atomic E-state index is 0.0838. The van der Waals surface area contributed by atoms with Gasteiger partial charge in [-0.25, -0.2) is 9.59 Å². The fraction of sp³-hybridized carbons (Fsp3) is 0.619. The molecule has 1 aromatic rings. The lowest BCUT2D eigenvalue weighted by atomic mass is 10.2. The zero-order chi connectivity index (χ0) is 21.2. The Morgan fingerprint density at radius 3 is 1.75 bits per heavy atom. The Kier molecular flexibility index (Phi) is 10.1. The second-order valence-corrected chi connectivity index (χ2v) is 12.4. The number of hydrogen-bond acceptors (Lipinski definition) is 4. The molecule has 6 nitrogen and oxygen atoms in total. The van der Waals surface area contributed by atoms with Crippen LogP contribution in [0.15, 0.2) is 40.6 Å². The number of hydrogen-bond donors (Lipinski definition) is 0. The molecule has 156 valence electrons. The summed E-state index contributed by atoms with van der Waals surface area (Å²) in [4.78, 5) is 24.1. The zero-order valence-electron chi connectivity index (χ0n) is 18.0. The van der Waals surface area contributed by atoms with Gasteiger partial charge < -0.3 is 9.16 Å². The molecule has 0 saturated heterocycles. The molecule has 0 bridgehead atoms. The third kappa shape index (κ3) is 9.78. The Labute approximate surface area is 169 Å². The van der Waals surface area contributed by atoms with E-state index in [0.29, 0.717) is 17.8 Å². The van der Waals surface area contributed by atoms with Crippen molar-refractivity contribution >= 4 is 20.5 Å². The molecule has 7 heteroatoms. The van der Waals surface area contributed by atoms with Crippen LogP contribution >= 0.6 is 0 Å². The Morgan fingerprint density at radius 2 is 1.29 bits per heavy atom. The zero-order valence-corrected chi connectivity index (χ0v) is 19.0. The molecule has 1 rings (SSSR count). The number of carbonyl (C=O) groups is 2. The van der Waals surface area contributed by atoms with Gasteiger partial charge in [-0.2, -0.15) is 0 Å². The molecule has 0 saturated carbocycles. The van der Waals surface area contributed by atoms with Gasteiger partial charge in [0.2, 0.25) is 0 Å². The van der Waals surface area contributed by atoms with Crippen LogP contribution in [0, 0.1) is 17.8 Å². The molecule has 0 unspecified atom stereocenters. The van der Waals surface area contributed by atoms with Gasteiger partial charge in [0.1, 0.15) is 6.61 Å². The van der Waals surface area contributed by atoms with Gasteiger partial charge in [0, 0.05) is 0 Å². The maximum absolute atomic E-state index is 12.3. The maximum atomic E-state index is 12.3. The highest BCUT2D eigenvalue weighted by Crippen LogP contribution is 2.33. The molecule has 1 aromatic carbocycles. The average Bonchev–Trinajstić information content (AvgIpc) is 2.56. The van der Waals surface area contributed by atoms with E-state index in [1.807, 2.05) is 30.3 Å². The Bertz CT molecular complexity index is 619. The van der Waals surface area contributed by atoms with E-state index in [-0.39, 0.29) is 6.61 Å². The SMILES string of the molecule is CC(C)C[Si](CC(C)C)(CC(C)C)OC(=O)N=NC(=O)OCc1ccccc1. The average molecular weight is 407 g/mol. The van der Waals surface area contributed by atoms with Crippen LogP contribution in [-0.4, -0.2) is 20.5 Å². The summed E-state index contributed by atoms with van der Waals surface area (Å²) in [5.41, 5.74) is 0.839. The molecule has 0 aliphatic heterocycles. The lowest BCUT2D eigenvalue weighted by Gasteiger charge is -2.34. The van der Waals surface area contributed by atoms with Gasteiger partial charge in [-0.15, -0.1) is 0 Å². The molecule has 0 radical (unpaired) electrons. The van der Waals surface area contributed by atoms with Crippen molar-refractivity contribution in [2.75, 3.05) is 0 Å². The first-order chi connectivity index (χ1) is 13.1. The molecule has 0 aromatic heterocycles. The third-order valence-electron chi connectivity index (χ3n) is 4.06. The van der Waals surface area contributed by atoms with E-state index < -0.39 is 20.5 Å². The van der Waals surface area contributed by atoms with Crippen molar-refractivity contribution in [3.63, 3.8) is 0 Å². The Hall–Kier alpha value is -2.02. The van der Waals surface area contributed by atoms with Crippen molar-refractivity contribution in [2.24, 2.45) is 28.0 Å². The van der Waals surface area contributed by atoms with Gasteiger partial charge in [-0.3, -0.25) is 0 Å². The lowest BCUT2D eigenvalue weighted by Crippen LogP contribution is -2.43. The van der Waals surface area contributed by atoms with Crippen molar-refractivity contribution in [1.82, 2.24) is 0 Å². The molecule has 28 heavy (non-hydrogen) atoms. The van der Waals surface area contributed by atoms with Gasteiger partial charge in [0.25, 0.3) is 8.32 Å². The monoisotopic (exact) mass is 406 g/mol. The molecule has 0 heterocycles. The number of benzene rings is 1. The topological polar surface area (TPSA) is 77.3 Å². The summed E-state index contributed by atoms with van der Waals surface area (Å²) in [6.45, 7) is 12.9. The highest BCUT2D eigenvalue weighted by atomic mass is 28.4. The summed E-state index contributed by atoms with van der Waals surface area (Å²) >= 11 is 0. The van der Waals surface area contributed by atoms with Crippen LogP contribution < -0.4 is 0 Å². The summed E-state index contributed by atoms with van der Waals surface area (Å²) in [7, 11) is -2.35. The number of amides is 2. The molecular weight excluding hydrogens is 372 g/mol. The summed E-state index contributed by atoms with van der Waals surface area (Å²) < 4.78 is 10.9. The second kappa shape index (κ2) is 11.7. The Balaban J connectivity index is 2.74. The van der Waals surface area contributed by atoms with Crippen LogP contribution in [0.3, 0.4) is 0 Å². The lowest BCUT2D eigenvalue weighted by molar-refractivity contribution is 0.147. The highest BCUT2D eigenvalue weighted by Gasteiger charge is 2.40. The number of azo groups is 1. The summed E-state index contributed by atoms with van der Waals surface area (Å²) in [6, 6.07) is 11.9. The number of carbonyl (C=O) groups excluding carboxylic acids is 2. The highest BCUT2D eigenvalue weighted by molar-refractivity contribution is 6.75. The first-order valence-corrected chi connectivity index (χ1v) is 12.5. The van der Waals surface area contributed by atoms with Crippen molar-refractivity contribution in [1.29, 1.82) is 0 Å². The van der Waals surface area contributed by atoms with Gasteiger partial charge in [0.05, 0.1) is 0 Å². The predicted octanol–water partition coefficient (Wildman–Crippen LogP) is 6.83. The summed E-state index contributed by atoms with van der Waals surface area (Å²) in [5, 5.41) is 6.84.